The zero-order valence-electron chi connectivity index (χ0n) is 10.0. The Hall–Kier alpha value is -0.820. The molecule has 0 saturated carbocycles. The second kappa shape index (κ2) is 5.92. The Morgan fingerprint density at radius 1 is 1.13 bits per heavy atom. The molecular formula is C14H22O. The molecule has 0 radical (unpaired) electrons. The van der Waals surface area contributed by atoms with E-state index in [0.29, 0.717) is 0 Å². The van der Waals surface area contributed by atoms with Crippen LogP contribution in [0.1, 0.15) is 50.7 Å². The van der Waals surface area contributed by atoms with E-state index < -0.39 is 0 Å². The van der Waals surface area contributed by atoms with Crippen LogP contribution in [0, 0.1) is 0 Å². The number of hydrogen-bond acceptors (Lipinski definition) is 1. The van der Waals surface area contributed by atoms with Gasteiger partial charge >= 0.3 is 0 Å². The molecule has 0 saturated heterocycles. The van der Waals surface area contributed by atoms with Crippen molar-refractivity contribution in [1.82, 2.24) is 0 Å². The van der Waals surface area contributed by atoms with Gasteiger partial charge in [-0.25, -0.2) is 0 Å². The Morgan fingerprint density at radius 2 is 1.73 bits per heavy atom. The molecule has 0 amide bonds. The number of aliphatic hydroxyl groups excluding tert-OH is 1. The lowest BCUT2D eigenvalue weighted by atomic mass is 9.93. The van der Waals surface area contributed by atoms with E-state index in [1.54, 1.807) is 0 Å². The van der Waals surface area contributed by atoms with Crippen LogP contribution in [0.5, 0.6) is 0 Å². The van der Waals surface area contributed by atoms with Crippen LogP contribution in [0.2, 0.25) is 0 Å². The largest absolute Gasteiger partial charge is 0.393 e. The molecule has 2 atom stereocenters. The lowest BCUT2D eigenvalue weighted by Crippen LogP contribution is -2.14. The Morgan fingerprint density at radius 3 is 2.20 bits per heavy atom. The van der Waals surface area contributed by atoms with Crippen molar-refractivity contribution >= 4 is 0 Å². The fraction of sp³-hybridized carbons (Fsp3) is 0.571. The van der Waals surface area contributed by atoms with Crippen LogP contribution in [0.15, 0.2) is 24.3 Å². The number of aliphatic hydroxyl groups is 1. The number of aryl methyl sites for hydroxylation is 1. The van der Waals surface area contributed by atoms with Crippen LogP contribution < -0.4 is 0 Å². The first-order chi connectivity index (χ1) is 7.19. The van der Waals surface area contributed by atoms with Gasteiger partial charge in [0.2, 0.25) is 0 Å². The summed E-state index contributed by atoms with van der Waals surface area (Å²) < 4.78 is 0. The van der Waals surface area contributed by atoms with Gasteiger partial charge in [-0.1, -0.05) is 51.5 Å². The maximum Gasteiger partial charge on any atom is 0.0603 e. The van der Waals surface area contributed by atoms with E-state index in [2.05, 4.69) is 38.1 Å². The summed E-state index contributed by atoms with van der Waals surface area (Å²) >= 11 is 0. The van der Waals surface area contributed by atoms with E-state index in [9.17, 15) is 5.11 Å². The van der Waals surface area contributed by atoms with Crippen LogP contribution >= 0.6 is 0 Å². The van der Waals surface area contributed by atoms with E-state index in [1.807, 2.05) is 6.92 Å². The van der Waals surface area contributed by atoms with Crippen LogP contribution in [-0.4, -0.2) is 11.2 Å². The Balaban J connectivity index is 2.70. The van der Waals surface area contributed by atoms with Crippen LogP contribution in [0.3, 0.4) is 0 Å². The average molecular weight is 206 g/mol. The van der Waals surface area contributed by atoms with Gasteiger partial charge in [0.05, 0.1) is 6.10 Å². The van der Waals surface area contributed by atoms with E-state index in [-0.39, 0.29) is 12.0 Å². The topological polar surface area (TPSA) is 20.2 Å². The van der Waals surface area contributed by atoms with Crippen molar-refractivity contribution in [2.75, 3.05) is 0 Å². The SMILES string of the molecule is CCCc1ccc(C(C)C(O)CC)cc1. The highest BCUT2D eigenvalue weighted by molar-refractivity contribution is 5.25. The highest BCUT2D eigenvalue weighted by Gasteiger charge is 2.13. The predicted octanol–water partition coefficient (Wildman–Crippen LogP) is 3.51. The molecule has 0 fully saturated rings. The first-order valence-electron chi connectivity index (χ1n) is 5.95. The molecule has 1 nitrogen and oxygen atoms in total. The summed E-state index contributed by atoms with van der Waals surface area (Å²) in [5.74, 6) is 0.241. The van der Waals surface area contributed by atoms with E-state index in [0.717, 1.165) is 12.8 Å². The van der Waals surface area contributed by atoms with Crippen LogP contribution in [-0.2, 0) is 6.42 Å². The molecular weight excluding hydrogens is 184 g/mol. The monoisotopic (exact) mass is 206 g/mol. The minimum absolute atomic E-state index is 0.220. The van der Waals surface area contributed by atoms with Crippen molar-refractivity contribution < 1.29 is 5.11 Å². The summed E-state index contributed by atoms with van der Waals surface area (Å²) in [5, 5.41) is 9.75. The third kappa shape index (κ3) is 3.35. The average Bonchev–Trinajstić information content (AvgIpc) is 2.28. The normalized spacial score (nSPS) is 14.9. The second-order valence-electron chi connectivity index (χ2n) is 4.26. The number of benzene rings is 1. The molecule has 1 rings (SSSR count). The molecule has 0 aromatic heterocycles. The first kappa shape index (κ1) is 12.3. The minimum Gasteiger partial charge on any atom is -0.393 e. The van der Waals surface area contributed by atoms with Crippen molar-refractivity contribution in [3.05, 3.63) is 35.4 Å². The Labute approximate surface area is 93.1 Å². The molecule has 1 heteroatoms. The Bertz CT molecular complexity index is 276. The van der Waals surface area contributed by atoms with Crippen LogP contribution in [0.25, 0.3) is 0 Å². The zero-order chi connectivity index (χ0) is 11.3. The highest BCUT2D eigenvalue weighted by atomic mass is 16.3. The molecule has 2 unspecified atom stereocenters. The van der Waals surface area contributed by atoms with Crippen molar-refractivity contribution in [1.29, 1.82) is 0 Å². The first-order valence-corrected chi connectivity index (χ1v) is 5.95. The van der Waals surface area contributed by atoms with Gasteiger partial charge in [-0.15, -0.1) is 0 Å². The summed E-state index contributed by atoms with van der Waals surface area (Å²) in [6.45, 7) is 6.30. The summed E-state index contributed by atoms with van der Waals surface area (Å²) in [6.07, 6.45) is 2.93. The van der Waals surface area contributed by atoms with Gasteiger partial charge in [0.1, 0.15) is 0 Å². The summed E-state index contributed by atoms with van der Waals surface area (Å²) in [4.78, 5) is 0. The Kier molecular flexibility index (Phi) is 4.83. The summed E-state index contributed by atoms with van der Waals surface area (Å²) in [5.41, 5.74) is 2.63. The van der Waals surface area contributed by atoms with E-state index in [4.69, 9.17) is 0 Å². The summed E-state index contributed by atoms with van der Waals surface area (Å²) in [7, 11) is 0. The van der Waals surface area contributed by atoms with Gasteiger partial charge in [0.25, 0.3) is 0 Å². The van der Waals surface area contributed by atoms with E-state index in [1.165, 1.54) is 17.5 Å². The lowest BCUT2D eigenvalue weighted by Gasteiger charge is -2.17. The predicted molar refractivity (Wildman–Crippen MR) is 65.1 cm³/mol. The third-order valence-electron chi connectivity index (χ3n) is 3.04. The van der Waals surface area contributed by atoms with E-state index >= 15 is 0 Å². The molecule has 0 bridgehead atoms. The van der Waals surface area contributed by atoms with Gasteiger partial charge in [-0.2, -0.15) is 0 Å². The molecule has 0 spiro atoms. The maximum atomic E-state index is 9.75. The molecule has 1 aromatic carbocycles. The lowest BCUT2D eigenvalue weighted by molar-refractivity contribution is 0.145. The quantitative estimate of drug-likeness (QED) is 0.781. The van der Waals surface area contributed by atoms with Crippen molar-refractivity contribution in [3.8, 4) is 0 Å². The van der Waals surface area contributed by atoms with Gasteiger partial charge in [-0.3, -0.25) is 0 Å². The van der Waals surface area contributed by atoms with Gasteiger partial charge in [0.15, 0.2) is 0 Å². The molecule has 0 aliphatic carbocycles. The molecule has 1 aromatic rings. The smallest absolute Gasteiger partial charge is 0.0603 e. The van der Waals surface area contributed by atoms with Gasteiger partial charge in [-0.05, 0) is 24.0 Å². The van der Waals surface area contributed by atoms with Gasteiger partial charge < -0.3 is 5.11 Å². The second-order valence-corrected chi connectivity index (χ2v) is 4.26. The minimum atomic E-state index is -0.220. The molecule has 0 aliphatic heterocycles. The number of rotatable bonds is 5. The standard InChI is InChI=1S/C14H22O/c1-4-6-12-7-9-13(10-8-12)11(3)14(15)5-2/h7-11,14-15H,4-6H2,1-3H3. The maximum absolute atomic E-state index is 9.75. The molecule has 0 aliphatic rings. The van der Waals surface area contributed by atoms with Crippen molar-refractivity contribution in [2.45, 2.75) is 52.1 Å². The fourth-order valence-electron chi connectivity index (χ4n) is 1.85. The van der Waals surface area contributed by atoms with Crippen molar-refractivity contribution in [2.24, 2.45) is 0 Å². The third-order valence-corrected chi connectivity index (χ3v) is 3.04. The molecule has 0 heterocycles. The highest BCUT2D eigenvalue weighted by Crippen LogP contribution is 2.21. The van der Waals surface area contributed by atoms with Gasteiger partial charge in [0, 0.05) is 5.92 Å². The fourth-order valence-corrected chi connectivity index (χ4v) is 1.85. The molecule has 1 N–H and O–H groups in total. The zero-order valence-corrected chi connectivity index (χ0v) is 10.0. The van der Waals surface area contributed by atoms with Crippen LogP contribution in [0.4, 0.5) is 0 Å². The number of hydrogen-bond donors (Lipinski definition) is 1. The summed E-state index contributed by atoms with van der Waals surface area (Å²) in [6, 6.07) is 8.65. The molecule has 15 heavy (non-hydrogen) atoms. The molecule has 84 valence electrons. The van der Waals surface area contributed by atoms with Crippen molar-refractivity contribution in [3.63, 3.8) is 0 Å².